The van der Waals surface area contributed by atoms with E-state index in [4.69, 9.17) is 14.2 Å². The molecule has 33 heavy (non-hydrogen) atoms. The zero-order valence-electron chi connectivity index (χ0n) is 19.0. The smallest absolute Gasteiger partial charge is 0.259 e. The summed E-state index contributed by atoms with van der Waals surface area (Å²) in [6.07, 6.45) is 0. The highest BCUT2D eigenvalue weighted by molar-refractivity contribution is 6.10. The number of carbonyl (C=O) groups is 2. The summed E-state index contributed by atoms with van der Waals surface area (Å²) < 4.78 is 16.6. The molecule has 0 fully saturated rings. The second-order valence-corrected chi connectivity index (χ2v) is 6.97. The number of ether oxygens (including phenoxy) is 3. The minimum Gasteiger partial charge on any atom is -0.494 e. The average Bonchev–Trinajstić information content (AvgIpc) is 2.80. The molecule has 3 aromatic carbocycles. The Morgan fingerprint density at radius 1 is 0.667 bits per heavy atom. The summed E-state index contributed by atoms with van der Waals surface area (Å²) in [6.45, 7) is 7.06. The van der Waals surface area contributed by atoms with Gasteiger partial charge in [-0.05, 0) is 63.2 Å². The van der Waals surface area contributed by atoms with Crippen molar-refractivity contribution in [2.75, 3.05) is 30.5 Å². The Labute approximate surface area is 193 Å². The van der Waals surface area contributed by atoms with Gasteiger partial charge in [-0.3, -0.25) is 9.59 Å². The van der Waals surface area contributed by atoms with Crippen molar-refractivity contribution in [3.63, 3.8) is 0 Å². The highest BCUT2D eigenvalue weighted by Gasteiger charge is 2.17. The maximum absolute atomic E-state index is 13.0. The molecule has 7 nitrogen and oxygen atoms in total. The van der Waals surface area contributed by atoms with Gasteiger partial charge in [-0.1, -0.05) is 12.1 Å². The number of nitrogens with one attached hydrogen (secondary N) is 2. The van der Waals surface area contributed by atoms with Gasteiger partial charge in [0.25, 0.3) is 11.8 Å². The van der Waals surface area contributed by atoms with Crippen molar-refractivity contribution >= 4 is 23.2 Å². The van der Waals surface area contributed by atoms with Crippen LogP contribution in [0.25, 0.3) is 0 Å². The lowest BCUT2D eigenvalue weighted by atomic mass is 10.1. The third kappa shape index (κ3) is 6.49. The number of hydrogen-bond donors (Lipinski definition) is 2. The van der Waals surface area contributed by atoms with E-state index in [9.17, 15) is 9.59 Å². The third-order valence-electron chi connectivity index (χ3n) is 4.59. The first kappa shape index (κ1) is 23.7. The van der Waals surface area contributed by atoms with E-state index in [0.29, 0.717) is 54.0 Å². The van der Waals surface area contributed by atoms with E-state index in [1.807, 2.05) is 32.9 Å². The van der Waals surface area contributed by atoms with Crippen molar-refractivity contribution in [3.8, 4) is 17.2 Å². The minimum absolute atomic E-state index is 0.259. The van der Waals surface area contributed by atoms with E-state index < -0.39 is 0 Å². The van der Waals surface area contributed by atoms with E-state index >= 15 is 0 Å². The van der Waals surface area contributed by atoms with Crippen LogP contribution in [0.5, 0.6) is 17.2 Å². The molecular formula is C26H28N2O5. The van der Waals surface area contributed by atoms with Crippen LogP contribution in [0.2, 0.25) is 0 Å². The van der Waals surface area contributed by atoms with Crippen LogP contribution in [-0.2, 0) is 0 Å². The van der Waals surface area contributed by atoms with Crippen molar-refractivity contribution in [1.29, 1.82) is 0 Å². The molecule has 7 heteroatoms. The first-order valence-electron chi connectivity index (χ1n) is 10.9. The lowest BCUT2D eigenvalue weighted by Crippen LogP contribution is -2.17. The molecule has 0 atom stereocenters. The van der Waals surface area contributed by atoms with Gasteiger partial charge in [-0.2, -0.15) is 0 Å². The molecule has 0 unspecified atom stereocenters. The summed E-state index contributed by atoms with van der Waals surface area (Å²) in [7, 11) is 0. The van der Waals surface area contributed by atoms with Crippen LogP contribution in [0.1, 0.15) is 41.5 Å². The fourth-order valence-corrected chi connectivity index (χ4v) is 3.19. The van der Waals surface area contributed by atoms with Crippen LogP contribution in [0.3, 0.4) is 0 Å². The molecule has 0 heterocycles. The molecule has 0 aromatic heterocycles. The first-order chi connectivity index (χ1) is 16.0. The molecule has 0 aliphatic rings. The SMILES string of the molecule is CCOc1cccc(NC(=O)c2ccc(OCC)c(C(=O)Nc3cccc(OCC)c3)c2)c1. The molecule has 172 valence electrons. The van der Waals surface area contributed by atoms with E-state index in [2.05, 4.69) is 10.6 Å². The van der Waals surface area contributed by atoms with Gasteiger partial charge in [0.05, 0.1) is 25.4 Å². The third-order valence-corrected chi connectivity index (χ3v) is 4.59. The zero-order valence-corrected chi connectivity index (χ0v) is 19.0. The van der Waals surface area contributed by atoms with Gasteiger partial charge >= 0.3 is 0 Å². The molecule has 3 rings (SSSR count). The van der Waals surface area contributed by atoms with Gasteiger partial charge in [-0.15, -0.1) is 0 Å². The summed E-state index contributed by atoms with van der Waals surface area (Å²) in [4.78, 5) is 25.9. The highest BCUT2D eigenvalue weighted by Crippen LogP contribution is 2.25. The number of hydrogen-bond acceptors (Lipinski definition) is 5. The normalized spacial score (nSPS) is 10.3. The van der Waals surface area contributed by atoms with E-state index in [0.717, 1.165) is 0 Å². The van der Waals surface area contributed by atoms with E-state index in [1.165, 1.54) is 6.07 Å². The van der Waals surface area contributed by atoms with Gasteiger partial charge in [-0.25, -0.2) is 0 Å². The van der Waals surface area contributed by atoms with Crippen LogP contribution >= 0.6 is 0 Å². The van der Waals surface area contributed by atoms with Crippen LogP contribution < -0.4 is 24.8 Å². The van der Waals surface area contributed by atoms with Gasteiger partial charge in [0.2, 0.25) is 0 Å². The summed E-state index contributed by atoms with van der Waals surface area (Å²) in [5.74, 6) is 0.976. The summed E-state index contributed by atoms with van der Waals surface area (Å²) in [6, 6.07) is 19.0. The molecule has 0 spiro atoms. The average molecular weight is 449 g/mol. The molecule has 0 saturated carbocycles. The van der Waals surface area contributed by atoms with Crippen molar-refractivity contribution in [3.05, 3.63) is 77.9 Å². The van der Waals surface area contributed by atoms with Crippen molar-refractivity contribution < 1.29 is 23.8 Å². The van der Waals surface area contributed by atoms with Crippen LogP contribution in [-0.4, -0.2) is 31.6 Å². The molecule has 0 aliphatic heterocycles. The summed E-state index contributed by atoms with van der Waals surface area (Å²) in [5, 5.41) is 5.68. The number of amides is 2. The topological polar surface area (TPSA) is 85.9 Å². The molecule has 3 aromatic rings. The van der Waals surface area contributed by atoms with E-state index in [1.54, 1.807) is 48.5 Å². The summed E-state index contributed by atoms with van der Waals surface area (Å²) >= 11 is 0. The maximum atomic E-state index is 13.0. The molecule has 0 radical (unpaired) electrons. The maximum Gasteiger partial charge on any atom is 0.259 e. The molecular weight excluding hydrogens is 420 g/mol. The predicted octanol–water partition coefficient (Wildman–Crippen LogP) is 5.39. The van der Waals surface area contributed by atoms with Crippen LogP contribution in [0, 0.1) is 0 Å². The zero-order chi connectivity index (χ0) is 23.6. The van der Waals surface area contributed by atoms with Gasteiger partial charge in [0.1, 0.15) is 17.2 Å². The van der Waals surface area contributed by atoms with Gasteiger partial charge in [0.15, 0.2) is 0 Å². The Morgan fingerprint density at radius 3 is 1.76 bits per heavy atom. The lowest BCUT2D eigenvalue weighted by Gasteiger charge is -2.13. The van der Waals surface area contributed by atoms with Gasteiger partial charge in [0, 0.05) is 29.1 Å². The minimum atomic E-state index is -0.389. The number of rotatable bonds is 10. The molecule has 0 saturated heterocycles. The predicted molar refractivity (Wildman–Crippen MR) is 129 cm³/mol. The Kier molecular flexibility index (Phi) is 8.30. The first-order valence-corrected chi connectivity index (χ1v) is 10.9. The molecule has 0 aliphatic carbocycles. The summed E-state index contributed by atoms with van der Waals surface area (Å²) in [5.41, 5.74) is 1.76. The second kappa shape index (κ2) is 11.6. The number of carbonyl (C=O) groups excluding carboxylic acids is 2. The Hall–Kier alpha value is -4.00. The monoisotopic (exact) mass is 448 g/mol. The second-order valence-electron chi connectivity index (χ2n) is 6.97. The van der Waals surface area contributed by atoms with Crippen molar-refractivity contribution in [2.24, 2.45) is 0 Å². The van der Waals surface area contributed by atoms with E-state index in [-0.39, 0.29) is 17.4 Å². The number of benzene rings is 3. The van der Waals surface area contributed by atoms with Crippen molar-refractivity contribution in [2.45, 2.75) is 20.8 Å². The number of anilines is 2. The fraction of sp³-hybridized carbons (Fsp3) is 0.231. The Morgan fingerprint density at radius 2 is 1.21 bits per heavy atom. The molecule has 2 amide bonds. The Bertz CT molecular complexity index is 1110. The molecule has 2 N–H and O–H groups in total. The quantitative estimate of drug-likeness (QED) is 0.434. The van der Waals surface area contributed by atoms with Gasteiger partial charge < -0.3 is 24.8 Å². The molecule has 0 bridgehead atoms. The fourth-order valence-electron chi connectivity index (χ4n) is 3.19. The Balaban J connectivity index is 1.82. The van der Waals surface area contributed by atoms with Crippen molar-refractivity contribution in [1.82, 2.24) is 0 Å². The standard InChI is InChI=1S/C26H28N2O5/c1-4-31-21-11-7-9-19(16-21)27-25(29)18-13-14-24(33-6-3)23(15-18)26(30)28-20-10-8-12-22(17-20)32-5-2/h7-17H,4-6H2,1-3H3,(H,27,29)(H,28,30). The largest absolute Gasteiger partial charge is 0.494 e. The lowest BCUT2D eigenvalue weighted by molar-refractivity contribution is 0.102. The van der Waals surface area contributed by atoms with Crippen LogP contribution in [0.4, 0.5) is 11.4 Å². The highest BCUT2D eigenvalue weighted by atomic mass is 16.5. The van der Waals surface area contributed by atoms with Crippen LogP contribution in [0.15, 0.2) is 66.7 Å².